The van der Waals surface area contributed by atoms with Gasteiger partial charge in [-0.15, -0.1) is 0 Å². The quantitative estimate of drug-likeness (QED) is 0.714. The van der Waals surface area contributed by atoms with E-state index in [9.17, 15) is 0 Å². The normalized spacial score (nSPS) is 16.8. The molecular formula is C20H20N6S. The summed E-state index contributed by atoms with van der Waals surface area (Å²) in [5, 5.41) is 7.76. The highest BCUT2D eigenvalue weighted by molar-refractivity contribution is 8.15. The first-order valence-electron chi connectivity index (χ1n) is 8.78. The lowest BCUT2D eigenvalue weighted by molar-refractivity contribution is 0.675. The van der Waals surface area contributed by atoms with Gasteiger partial charge in [-0.05, 0) is 41.6 Å². The number of thioether (sulfide) groups is 1. The number of hydrogen-bond donors (Lipinski definition) is 2. The predicted octanol–water partition coefficient (Wildman–Crippen LogP) is 2.60. The van der Waals surface area contributed by atoms with Crippen LogP contribution in [-0.2, 0) is 6.42 Å². The predicted molar refractivity (Wildman–Crippen MR) is 112 cm³/mol. The molecule has 2 aromatic heterocycles. The van der Waals surface area contributed by atoms with Crippen molar-refractivity contribution in [3.8, 4) is 0 Å². The first-order chi connectivity index (χ1) is 13.3. The summed E-state index contributed by atoms with van der Waals surface area (Å²) < 4.78 is 0. The number of hydrogen-bond acceptors (Lipinski definition) is 6. The van der Waals surface area contributed by atoms with Crippen molar-refractivity contribution in [1.82, 2.24) is 15.4 Å². The molecule has 1 aliphatic heterocycles. The van der Waals surface area contributed by atoms with E-state index in [2.05, 4.69) is 38.7 Å². The van der Waals surface area contributed by atoms with Crippen molar-refractivity contribution >= 4 is 33.4 Å². The smallest absolute Gasteiger partial charge is 0.127 e. The Morgan fingerprint density at radius 2 is 1.93 bits per heavy atom. The molecule has 0 saturated heterocycles. The van der Waals surface area contributed by atoms with Crippen molar-refractivity contribution in [3.05, 3.63) is 72.3 Å². The topological polar surface area (TPSA) is 88.5 Å². The number of fused-ring (bicyclic) bond motifs is 1. The van der Waals surface area contributed by atoms with Crippen LogP contribution in [0.4, 0.5) is 0 Å². The van der Waals surface area contributed by atoms with Crippen LogP contribution in [0.15, 0.2) is 71.3 Å². The minimum absolute atomic E-state index is 0.0282. The minimum Gasteiger partial charge on any atom is -0.328 e. The third kappa shape index (κ3) is 4.32. The van der Waals surface area contributed by atoms with Crippen molar-refractivity contribution in [1.29, 1.82) is 0 Å². The molecule has 0 amide bonds. The van der Waals surface area contributed by atoms with Crippen LogP contribution in [0.3, 0.4) is 0 Å². The summed E-state index contributed by atoms with van der Waals surface area (Å²) >= 11 is 1.68. The maximum Gasteiger partial charge on any atom is 0.127 e. The Bertz CT molecular complexity index is 986. The second-order valence-electron chi connectivity index (χ2n) is 6.28. The Hall–Kier alpha value is -2.77. The molecule has 0 fully saturated rings. The number of rotatable bonds is 5. The molecule has 0 aliphatic carbocycles. The number of aromatic nitrogens is 2. The van der Waals surface area contributed by atoms with Crippen LogP contribution in [0.1, 0.15) is 11.1 Å². The van der Waals surface area contributed by atoms with Gasteiger partial charge in [0.05, 0.1) is 11.8 Å². The van der Waals surface area contributed by atoms with Crippen LogP contribution in [0.5, 0.6) is 0 Å². The van der Waals surface area contributed by atoms with Crippen molar-refractivity contribution in [2.75, 3.05) is 12.3 Å². The minimum atomic E-state index is 0.0282. The summed E-state index contributed by atoms with van der Waals surface area (Å²) in [7, 11) is 0. The molecule has 136 valence electrons. The summed E-state index contributed by atoms with van der Waals surface area (Å²) in [6.07, 6.45) is 8.06. The first kappa shape index (κ1) is 17.6. The third-order valence-electron chi connectivity index (χ3n) is 4.35. The van der Waals surface area contributed by atoms with Gasteiger partial charge in [-0.1, -0.05) is 23.9 Å². The number of nitrogens with zero attached hydrogens (tertiary/aromatic N) is 4. The number of pyridine rings is 2. The van der Waals surface area contributed by atoms with Crippen molar-refractivity contribution < 1.29 is 0 Å². The van der Waals surface area contributed by atoms with E-state index in [-0.39, 0.29) is 6.04 Å². The van der Waals surface area contributed by atoms with E-state index in [1.54, 1.807) is 30.4 Å². The van der Waals surface area contributed by atoms with Gasteiger partial charge in [0.25, 0.3) is 0 Å². The highest BCUT2D eigenvalue weighted by Crippen LogP contribution is 2.21. The second kappa shape index (κ2) is 8.28. The largest absolute Gasteiger partial charge is 0.328 e. The lowest BCUT2D eigenvalue weighted by Crippen LogP contribution is -2.31. The number of hydrazone groups is 1. The van der Waals surface area contributed by atoms with Crippen molar-refractivity contribution in [2.24, 2.45) is 15.8 Å². The van der Waals surface area contributed by atoms with E-state index in [0.29, 0.717) is 6.54 Å². The van der Waals surface area contributed by atoms with Gasteiger partial charge in [0.1, 0.15) is 10.9 Å². The van der Waals surface area contributed by atoms with E-state index in [1.807, 2.05) is 24.4 Å². The zero-order valence-corrected chi connectivity index (χ0v) is 15.6. The Balaban J connectivity index is 1.47. The Morgan fingerprint density at radius 3 is 2.70 bits per heavy atom. The summed E-state index contributed by atoms with van der Waals surface area (Å²) in [6.45, 7) is 0.494. The molecule has 0 spiro atoms. The molecule has 1 unspecified atom stereocenters. The fraction of sp³-hybridized carbons (Fsp3) is 0.200. The van der Waals surface area contributed by atoms with Gasteiger partial charge in [-0.2, -0.15) is 5.10 Å². The fourth-order valence-electron chi connectivity index (χ4n) is 2.94. The third-order valence-corrected chi connectivity index (χ3v) is 5.37. The van der Waals surface area contributed by atoms with Gasteiger partial charge in [-0.25, -0.2) is 0 Å². The van der Waals surface area contributed by atoms with Gasteiger partial charge < -0.3 is 5.73 Å². The highest BCUT2D eigenvalue weighted by atomic mass is 32.2. The molecule has 0 bridgehead atoms. The Kier molecular flexibility index (Phi) is 5.41. The number of benzene rings is 1. The zero-order chi connectivity index (χ0) is 18.5. The molecule has 1 aliphatic rings. The van der Waals surface area contributed by atoms with Crippen LogP contribution in [0.2, 0.25) is 0 Å². The highest BCUT2D eigenvalue weighted by Gasteiger charge is 2.15. The SMILES string of the molecule is NCC(Cc1ccncc1)N=C1CSC(c2ccc3cnccc3c2)=NN1. The van der Waals surface area contributed by atoms with Gasteiger partial charge in [-0.3, -0.25) is 20.4 Å². The summed E-state index contributed by atoms with van der Waals surface area (Å²) in [5.74, 6) is 1.61. The van der Waals surface area contributed by atoms with E-state index in [1.165, 1.54) is 5.56 Å². The molecule has 27 heavy (non-hydrogen) atoms. The average molecular weight is 376 g/mol. The van der Waals surface area contributed by atoms with E-state index >= 15 is 0 Å². The molecule has 1 atom stereocenters. The second-order valence-corrected chi connectivity index (χ2v) is 7.24. The molecule has 3 aromatic rings. The zero-order valence-electron chi connectivity index (χ0n) is 14.7. The van der Waals surface area contributed by atoms with Crippen molar-refractivity contribution in [2.45, 2.75) is 12.5 Å². The summed E-state index contributed by atoms with van der Waals surface area (Å²) in [5.41, 5.74) is 11.3. The molecule has 3 N–H and O–H groups in total. The van der Waals surface area contributed by atoms with Crippen LogP contribution in [0, 0.1) is 0 Å². The van der Waals surface area contributed by atoms with Crippen LogP contribution in [0.25, 0.3) is 10.8 Å². The monoisotopic (exact) mass is 376 g/mol. The van der Waals surface area contributed by atoms with Gasteiger partial charge >= 0.3 is 0 Å². The van der Waals surface area contributed by atoms with Crippen LogP contribution < -0.4 is 11.2 Å². The summed E-state index contributed by atoms with van der Waals surface area (Å²) in [6, 6.07) is 12.3. The Morgan fingerprint density at radius 1 is 1.07 bits per heavy atom. The summed E-state index contributed by atoms with van der Waals surface area (Å²) in [4.78, 5) is 13.0. The fourth-order valence-corrected chi connectivity index (χ4v) is 3.76. The van der Waals surface area contributed by atoms with E-state index in [0.717, 1.165) is 39.4 Å². The van der Waals surface area contributed by atoms with Gasteiger partial charge in [0.2, 0.25) is 0 Å². The molecule has 1 aromatic carbocycles. The molecule has 7 heteroatoms. The number of nitrogens with one attached hydrogen (secondary N) is 1. The molecule has 3 heterocycles. The molecule has 0 saturated carbocycles. The lowest BCUT2D eigenvalue weighted by atomic mass is 10.1. The molecule has 0 radical (unpaired) electrons. The maximum absolute atomic E-state index is 5.91. The number of aliphatic imine (C=N–C) groups is 1. The first-order valence-corrected chi connectivity index (χ1v) is 9.76. The van der Waals surface area contributed by atoms with Crippen molar-refractivity contribution in [3.63, 3.8) is 0 Å². The maximum atomic E-state index is 5.91. The average Bonchev–Trinajstić information content (AvgIpc) is 2.74. The lowest BCUT2D eigenvalue weighted by Gasteiger charge is -2.18. The molecule has 4 rings (SSSR count). The molecular weight excluding hydrogens is 356 g/mol. The number of amidine groups is 1. The molecule has 6 nitrogen and oxygen atoms in total. The van der Waals surface area contributed by atoms with Crippen LogP contribution in [-0.4, -0.2) is 39.2 Å². The standard InChI is InChI=1S/C20H20N6S/c21-11-18(9-14-3-6-22-7-4-14)24-19-13-27-20(26-25-19)16-1-2-17-12-23-8-5-15(17)10-16/h1-8,10,12,18H,9,11,13,21H2,(H,24,25). The van der Waals surface area contributed by atoms with E-state index < -0.39 is 0 Å². The Labute approximate surface area is 162 Å². The van der Waals surface area contributed by atoms with Crippen LogP contribution >= 0.6 is 11.8 Å². The van der Waals surface area contributed by atoms with E-state index in [4.69, 9.17) is 10.7 Å². The number of nitrogens with two attached hydrogens (primary N) is 1. The van der Waals surface area contributed by atoms with Gasteiger partial charge in [0.15, 0.2) is 0 Å². The van der Waals surface area contributed by atoms with Gasteiger partial charge in [0, 0.05) is 42.3 Å².